The van der Waals surface area contributed by atoms with Gasteiger partial charge in [-0.3, -0.25) is 0 Å². The standard InChI is InChI=1S/C13H12N4O/c1-8-16-11-4-3-9(7-12(11)18-8)10-5-6-15-13(14-2)17-10/h3-7H,1-2H3,(H,14,15,17). The first-order chi connectivity index (χ1) is 8.76. The Bertz CT molecular complexity index is 705. The van der Waals surface area contributed by atoms with E-state index in [9.17, 15) is 0 Å². The van der Waals surface area contributed by atoms with E-state index in [1.807, 2.05) is 31.2 Å². The topological polar surface area (TPSA) is 63.8 Å². The summed E-state index contributed by atoms with van der Waals surface area (Å²) in [7, 11) is 1.79. The monoisotopic (exact) mass is 240 g/mol. The van der Waals surface area contributed by atoms with Crippen LogP contribution < -0.4 is 5.32 Å². The first-order valence-electron chi connectivity index (χ1n) is 5.64. The zero-order chi connectivity index (χ0) is 12.5. The Balaban J connectivity index is 2.12. The molecule has 0 amide bonds. The molecule has 0 unspecified atom stereocenters. The molecule has 0 aliphatic carbocycles. The number of benzene rings is 1. The van der Waals surface area contributed by atoms with Gasteiger partial charge in [0.05, 0.1) is 5.69 Å². The van der Waals surface area contributed by atoms with Gasteiger partial charge in [-0.1, -0.05) is 6.07 Å². The van der Waals surface area contributed by atoms with Crippen LogP contribution in [-0.2, 0) is 0 Å². The van der Waals surface area contributed by atoms with Gasteiger partial charge in [0.25, 0.3) is 0 Å². The fourth-order valence-corrected chi connectivity index (χ4v) is 1.84. The highest BCUT2D eigenvalue weighted by atomic mass is 16.3. The van der Waals surface area contributed by atoms with Gasteiger partial charge in [-0.25, -0.2) is 15.0 Å². The molecular weight excluding hydrogens is 228 g/mol. The van der Waals surface area contributed by atoms with Crippen molar-refractivity contribution in [2.75, 3.05) is 12.4 Å². The SMILES string of the molecule is CNc1nccc(-c2ccc3nc(C)oc3c2)n1. The van der Waals surface area contributed by atoms with Crippen LogP contribution in [0.25, 0.3) is 22.4 Å². The van der Waals surface area contributed by atoms with E-state index in [2.05, 4.69) is 20.3 Å². The number of hydrogen-bond donors (Lipinski definition) is 1. The molecule has 0 atom stereocenters. The molecule has 0 saturated heterocycles. The second-order valence-electron chi connectivity index (χ2n) is 3.93. The third kappa shape index (κ3) is 1.79. The Morgan fingerprint density at radius 3 is 2.89 bits per heavy atom. The molecule has 2 heterocycles. The van der Waals surface area contributed by atoms with Gasteiger partial charge in [-0.2, -0.15) is 0 Å². The number of anilines is 1. The van der Waals surface area contributed by atoms with Crippen molar-refractivity contribution in [1.29, 1.82) is 0 Å². The van der Waals surface area contributed by atoms with Gasteiger partial charge < -0.3 is 9.73 Å². The van der Waals surface area contributed by atoms with Crippen molar-refractivity contribution < 1.29 is 4.42 Å². The predicted molar refractivity (Wildman–Crippen MR) is 69.3 cm³/mol. The molecule has 3 rings (SSSR count). The van der Waals surface area contributed by atoms with Crippen LogP contribution in [-0.4, -0.2) is 22.0 Å². The maximum Gasteiger partial charge on any atom is 0.222 e. The van der Waals surface area contributed by atoms with E-state index in [0.29, 0.717) is 11.8 Å². The van der Waals surface area contributed by atoms with Crippen LogP contribution >= 0.6 is 0 Å². The van der Waals surface area contributed by atoms with E-state index in [-0.39, 0.29) is 0 Å². The van der Waals surface area contributed by atoms with Crippen molar-refractivity contribution in [2.24, 2.45) is 0 Å². The van der Waals surface area contributed by atoms with Gasteiger partial charge in [-0.15, -0.1) is 0 Å². The van der Waals surface area contributed by atoms with E-state index in [1.54, 1.807) is 13.2 Å². The van der Waals surface area contributed by atoms with Gasteiger partial charge in [0.2, 0.25) is 5.95 Å². The van der Waals surface area contributed by atoms with Crippen LogP contribution in [0.3, 0.4) is 0 Å². The lowest BCUT2D eigenvalue weighted by Gasteiger charge is -2.02. The Labute approximate surface area is 104 Å². The summed E-state index contributed by atoms with van der Waals surface area (Å²) in [5.41, 5.74) is 3.47. The number of aryl methyl sites for hydroxylation is 1. The minimum Gasteiger partial charge on any atom is -0.441 e. The van der Waals surface area contributed by atoms with E-state index in [4.69, 9.17) is 4.42 Å². The van der Waals surface area contributed by atoms with E-state index in [0.717, 1.165) is 22.4 Å². The summed E-state index contributed by atoms with van der Waals surface area (Å²) < 4.78 is 5.52. The second-order valence-corrected chi connectivity index (χ2v) is 3.93. The summed E-state index contributed by atoms with van der Waals surface area (Å²) in [5, 5.41) is 2.92. The number of nitrogens with zero attached hydrogens (tertiary/aromatic N) is 3. The van der Waals surface area contributed by atoms with E-state index >= 15 is 0 Å². The largest absolute Gasteiger partial charge is 0.441 e. The molecule has 0 spiro atoms. The molecule has 0 fully saturated rings. The number of nitrogens with one attached hydrogen (secondary N) is 1. The summed E-state index contributed by atoms with van der Waals surface area (Å²) in [4.78, 5) is 12.8. The molecule has 1 aromatic carbocycles. The molecule has 3 aromatic rings. The molecule has 0 aliphatic heterocycles. The van der Waals surface area contributed by atoms with E-state index < -0.39 is 0 Å². The molecule has 0 bridgehead atoms. The molecule has 5 heteroatoms. The molecular formula is C13H12N4O. The lowest BCUT2D eigenvalue weighted by atomic mass is 10.1. The van der Waals surface area contributed by atoms with Crippen LogP contribution in [0.15, 0.2) is 34.9 Å². The quantitative estimate of drug-likeness (QED) is 0.746. The summed E-state index contributed by atoms with van der Waals surface area (Å²) in [6.45, 7) is 1.84. The molecule has 18 heavy (non-hydrogen) atoms. The molecule has 0 saturated carbocycles. The normalized spacial score (nSPS) is 10.8. The highest BCUT2D eigenvalue weighted by molar-refractivity contribution is 5.79. The first kappa shape index (κ1) is 10.7. The minimum atomic E-state index is 0.598. The fourth-order valence-electron chi connectivity index (χ4n) is 1.84. The van der Waals surface area contributed by atoms with Gasteiger partial charge in [0, 0.05) is 25.7 Å². The van der Waals surface area contributed by atoms with Crippen molar-refractivity contribution in [1.82, 2.24) is 15.0 Å². The third-order valence-corrected chi connectivity index (χ3v) is 2.67. The summed E-state index contributed by atoms with van der Waals surface area (Å²) in [6.07, 6.45) is 1.73. The Morgan fingerprint density at radius 2 is 2.06 bits per heavy atom. The number of oxazole rings is 1. The Hall–Kier alpha value is -2.43. The molecule has 0 radical (unpaired) electrons. The Morgan fingerprint density at radius 1 is 1.17 bits per heavy atom. The lowest BCUT2D eigenvalue weighted by Crippen LogP contribution is -1.96. The lowest BCUT2D eigenvalue weighted by molar-refractivity contribution is 0.561. The van der Waals surface area contributed by atoms with Gasteiger partial charge in [-0.05, 0) is 18.2 Å². The maximum absolute atomic E-state index is 5.52. The highest BCUT2D eigenvalue weighted by Gasteiger charge is 2.06. The number of rotatable bonds is 2. The van der Waals surface area contributed by atoms with Crippen molar-refractivity contribution in [3.05, 3.63) is 36.4 Å². The molecule has 2 aromatic heterocycles. The van der Waals surface area contributed by atoms with Crippen LogP contribution in [0.1, 0.15) is 5.89 Å². The number of fused-ring (bicyclic) bond motifs is 1. The van der Waals surface area contributed by atoms with Gasteiger partial charge >= 0.3 is 0 Å². The van der Waals surface area contributed by atoms with Crippen molar-refractivity contribution in [3.63, 3.8) is 0 Å². The second kappa shape index (κ2) is 4.10. The molecule has 0 aliphatic rings. The molecule has 1 N–H and O–H groups in total. The van der Waals surface area contributed by atoms with Crippen LogP contribution in [0, 0.1) is 6.92 Å². The number of aromatic nitrogens is 3. The van der Waals surface area contributed by atoms with Crippen LogP contribution in [0.5, 0.6) is 0 Å². The van der Waals surface area contributed by atoms with Crippen molar-refractivity contribution in [2.45, 2.75) is 6.92 Å². The summed E-state index contributed by atoms with van der Waals surface area (Å²) in [5.74, 6) is 1.27. The Kier molecular flexibility index (Phi) is 2.44. The van der Waals surface area contributed by atoms with Crippen LogP contribution in [0.4, 0.5) is 5.95 Å². The van der Waals surface area contributed by atoms with Crippen LogP contribution in [0.2, 0.25) is 0 Å². The van der Waals surface area contributed by atoms with Gasteiger partial charge in [0.15, 0.2) is 11.5 Å². The maximum atomic E-state index is 5.52. The highest BCUT2D eigenvalue weighted by Crippen LogP contribution is 2.23. The zero-order valence-electron chi connectivity index (χ0n) is 10.1. The third-order valence-electron chi connectivity index (χ3n) is 2.67. The van der Waals surface area contributed by atoms with Crippen molar-refractivity contribution >= 4 is 17.0 Å². The molecule has 5 nitrogen and oxygen atoms in total. The predicted octanol–water partition coefficient (Wildman–Crippen LogP) is 2.63. The van der Waals surface area contributed by atoms with Crippen molar-refractivity contribution in [3.8, 4) is 11.3 Å². The summed E-state index contributed by atoms with van der Waals surface area (Å²) in [6, 6.07) is 7.72. The summed E-state index contributed by atoms with van der Waals surface area (Å²) >= 11 is 0. The smallest absolute Gasteiger partial charge is 0.222 e. The average molecular weight is 240 g/mol. The first-order valence-corrected chi connectivity index (χ1v) is 5.64. The average Bonchev–Trinajstić information content (AvgIpc) is 2.77. The minimum absolute atomic E-state index is 0.598. The van der Waals surface area contributed by atoms with Gasteiger partial charge in [0.1, 0.15) is 5.52 Å². The fraction of sp³-hybridized carbons (Fsp3) is 0.154. The number of hydrogen-bond acceptors (Lipinski definition) is 5. The van der Waals surface area contributed by atoms with E-state index in [1.165, 1.54) is 0 Å². The zero-order valence-corrected chi connectivity index (χ0v) is 10.1. The molecule has 90 valence electrons.